The number of ether oxygens (including phenoxy) is 1. The molecule has 0 amide bonds. The summed E-state index contributed by atoms with van der Waals surface area (Å²) in [6, 6.07) is 0.525. The molecular formula is C12H22N4O2. The van der Waals surface area contributed by atoms with Crippen LogP contribution in [0.1, 0.15) is 26.2 Å². The zero-order valence-electron chi connectivity index (χ0n) is 11.2. The largest absolute Gasteiger partial charge is 0.378 e. The summed E-state index contributed by atoms with van der Waals surface area (Å²) in [7, 11) is 0. The van der Waals surface area contributed by atoms with Gasteiger partial charge in [-0.3, -0.25) is 0 Å². The molecule has 1 aromatic rings. The Hall–Kier alpha value is -1.14. The normalized spacial score (nSPS) is 16.5. The highest BCUT2D eigenvalue weighted by atomic mass is 16.5. The van der Waals surface area contributed by atoms with Gasteiger partial charge in [0.2, 0.25) is 5.89 Å². The van der Waals surface area contributed by atoms with Crippen molar-refractivity contribution in [3.8, 4) is 0 Å². The Bertz CT molecular complexity index is 348. The second kappa shape index (κ2) is 6.70. The Morgan fingerprint density at radius 3 is 2.83 bits per heavy atom. The Morgan fingerprint density at radius 1 is 1.33 bits per heavy atom. The van der Waals surface area contributed by atoms with Gasteiger partial charge in [0.1, 0.15) is 0 Å². The molecule has 1 saturated heterocycles. The summed E-state index contributed by atoms with van der Waals surface area (Å²) in [5, 5.41) is 7.39. The monoisotopic (exact) mass is 254 g/mol. The molecule has 0 atom stereocenters. The van der Waals surface area contributed by atoms with E-state index in [0.29, 0.717) is 12.0 Å². The highest BCUT2D eigenvalue weighted by Gasteiger charge is 2.16. The van der Waals surface area contributed by atoms with Gasteiger partial charge in [0.25, 0.3) is 5.95 Å². The average Bonchev–Trinajstić information content (AvgIpc) is 2.84. The van der Waals surface area contributed by atoms with E-state index >= 15 is 0 Å². The number of nitrogens with one attached hydrogen (secondary N) is 1. The quantitative estimate of drug-likeness (QED) is 0.759. The molecule has 2 heterocycles. The van der Waals surface area contributed by atoms with E-state index in [0.717, 1.165) is 51.6 Å². The van der Waals surface area contributed by atoms with Crippen LogP contribution in [0.5, 0.6) is 0 Å². The van der Waals surface area contributed by atoms with E-state index < -0.39 is 0 Å². The Labute approximate surface area is 108 Å². The minimum Gasteiger partial charge on any atom is -0.378 e. The van der Waals surface area contributed by atoms with Crippen molar-refractivity contribution >= 4 is 5.95 Å². The molecule has 0 aliphatic carbocycles. The Morgan fingerprint density at radius 2 is 2.11 bits per heavy atom. The molecule has 6 heteroatoms. The molecule has 1 fully saturated rings. The number of aromatic nitrogens is 2. The van der Waals surface area contributed by atoms with E-state index in [9.17, 15) is 0 Å². The first-order chi connectivity index (χ1) is 8.75. The Kier molecular flexibility index (Phi) is 4.95. The first-order valence-electron chi connectivity index (χ1n) is 6.64. The van der Waals surface area contributed by atoms with Gasteiger partial charge in [-0.25, -0.2) is 0 Å². The molecule has 0 bridgehead atoms. The topological polar surface area (TPSA) is 63.4 Å². The van der Waals surface area contributed by atoms with Gasteiger partial charge in [-0.1, -0.05) is 13.8 Å². The summed E-state index contributed by atoms with van der Waals surface area (Å²) in [4.78, 5) is 6.52. The lowest BCUT2D eigenvalue weighted by molar-refractivity contribution is 0.121. The number of rotatable bonds is 6. The summed E-state index contributed by atoms with van der Waals surface area (Å²) in [5.41, 5.74) is 0. The molecule has 0 radical (unpaired) electrons. The maximum absolute atomic E-state index is 5.29. The maximum Gasteiger partial charge on any atom is 0.266 e. The van der Waals surface area contributed by atoms with Crippen LogP contribution in [-0.2, 0) is 11.2 Å². The molecule has 0 aromatic carbocycles. The molecule has 1 aliphatic heterocycles. The molecular weight excluding hydrogens is 232 g/mol. The highest BCUT2D eigenvalue weighted by molar-refractivity contribution is 5.27. The van der Waals surface area contributed by atoms with Crippen LogP contribution < -0.4 is 10.2 Å². The first-order valence-corrected chi connectivity index (χ1v) is 6.64. The minimum absolute atomic E-state index is 0.525. The second-order valence-corrected chi connectivity index (χ2v) is 4.80. The molecule has 18 heavy (non-hydrogen) atoms. The van der Waals surface area contributed by atoms with E-state index in [1.54, 1.807) is 0 Å². The standard InChI is InChI=1S/C12H22N4O2/c1-10(2)13-5-3-4-11-14-12(15-18-11)16-6-8-17-9-7-16/h10,13H,3-9H2,1-2H3. The summed E-state index contributed by atoms with van der Waals surface area (Å²) < 4.78 is 10.5. The van der Waals surface area contributed by atoms with Crippen LogP contribution >= 0.6 is 0 Å². The SMILES string of the molecule is CC(C)NCCCc1nc(N2CCOCC2)no1. The fourth-order valence-corrected chi connectivity index (χ4v) is 1.87. The van der Waals surface area contributed by atoms with E-state index in [2.05, 4.69) is 34.2 Å². The van der Waals surface area contributed by atoms with Crippen LogP contribution in [0.2, 0.25) is 0 Å². The summed E-state index contributed by atoms with van der Waals surface area (Å²) >= 11 is 0. The van der Waals surface area contributed by atoms with Gasteiger partial charge in [0.15, 0.2) is 0 Å². The van der Waals surface area contributed by atoms with Gasteiger partial charge in [0, 0.05) is 25.6 Å². The first kappa shape index (κ1) is 13.3. The van der Waals surface area contributed by atoms with Gasteiger partial charge in [-0.15, -0.1) is 0 Å². The number of morpholine rings is 1. The van der Waals surface area contributed by atoms with Crippen LogP contribution in [0.25, 0.3) is 0 Å². The van der Waals surface area contributed by atoms with Gasteiger partial charge in [0.05, 0.1) is 13.2 Å². The molecule has 2 rings (SSSR count). The van der Waals surface area contributed by atoms with Crippen molar-refractivity contribution in [1.29, 1.82) is 0 Å². The van der Waals surface area contributed by atoms with Crippen LogP contribution in [0.15, 0.2) is 4.52 Å². The maximum atomic E-state index is 5.29. The molecule has 1 aliphatic rings. The van der Waals surface area contributed by atoms with Crippen molar-refractivity contribution in [2.75, 3.05) is 37.7 Å². The summed E-state index contributed by atoms with van der Waals surface area (Å²) in [6.07, 6.45) is 1.85. The lowest BCUT2D eigenvalue weighted by Crippen LogP contribution is -2.36. The Balaban J connectivity index is 1.75. The number of hydrogen-bond donors (Lipinski definition) is 1. The van der Waals surface area contributed by atoms with Crippen LogP contribution in [0, 0.1) is 0 Å². The number of anilines is 1. The van der Waals surface area contributed by atoms with Gasteiger partial charge in [-0.2, -0.15) is 4.98 Å². The summed E-state index contributed by atoms with van der Waals surface area (Å²) in [5.74, 6) is 1.42. The molecule has 1 N–H and O–H groups in total. The number of hydrogen-bond acceptors (Lipinski definition) is 6. The van der Waals surface area contributed by atoms with Crippen molar-refractivity contribution in [2.45, 2.75) is 32.7 Å². The van der Waals surface area contributed by atoms with Crippen molar-refractivity contribution < 1.29 is 9.26 Å². The summed E-state index contributed by atoms with van der Waals surface area (Å²) in [6.45, 7) is 8.42. The van der Waals surface area contributed by atoms with E-state index in [-0.39, 0.29) is 0 Å². The third-order valence-corrected chi connectivity index (χ3v) is 2.87. The minimum atomic E-state index is 0.525. The van der Waals surface area contributed by atoms with Crippen molar-refractivity contribution in [2.24, 2.45) is 0 Å². The predicted molar refractivity (Wildman–Crippen MR) is 68.8 cm³/mol. The zero-order chi connectivity index (χ0) is 12.8. The van der Waals surface area contributed by atoms with Crippen molar-refractivity contribution in [3.05, 3.63) is 5.89 Å². The zero-order valence-corrected chi connectivity index (χ0v) is 11.2. The highest BCUT2D eigenvalue weighted by Crippen LogP contribution is 2.11. The second-order valence-electron chi connectivity index (χ2n) is 4.80. The number of aryl methyl sites for hydroxylation is 1. The lowest BCUT2D eigenvalue weighted by atomic mass is 10.3. The fraction of sp³-hybridized carbons (Fsp3) is 0.833. The molecule has 0 spiro atoms. The molecule has 6 nitrogen and oxygen atoms in total. The third-order valence-electron chi connectivity index (χ3n) is 2.87. The van der Waals surface area contributed by atoms with Gasteiger partial charge < -0.3 is 19.5 Å². The van der Waals surface area contributed by atoms with Crippen molar-refractivity contribution in [3.63, 3.8) is 0 Å². The molecule has 1 aromatic heterocycles. The van der Waals surface area contributed by atoms with E-state index in [1.807, 2.05) is 0 Å². The molecule has 102 valence electrons. The van der Waals surface area contributed by atoms with Crippen LogP contribution in [0.4, 0.5) is 5.95 Å². The van der Waals surface area contributed by atoms with E-state index in [4.69, 9.17) is 9.26 Å². The van der Waals surface area contributed by atoms with Crippen LogP contribution in [0.3, 0.4) is 0 Å². The molecule has 0 unspecified atom stereocenters. The average molecular weight is 254 g/mol. The third kappa shape index (κ3) is 3.96. The molecule has 0 saturated carbocycles. The van der Waals surface area contributed by atoms with Gasteiger partial charge in [-0.05, 0) is 18.1 Å². The predicted octanol–water partition coefficient (Wildman–Crippen LogP) is 0.837. The van der Waals surface area contributed by atoms with E-state index in [1.165, 1.54) is 0 Å². The van der Waals surface area contributed by atoms with Crippen molar-refractivity contribution in [1.82, 2.24) is 15.5 Å². The van der Waals surface area contributed by atoms with Crippen LogP contribution in [-0.4, -0.2) is 49.0 Å². The fourth-order valence-electron chi connectivity index (χ4n) is 1.87. The number of nitrogens with zero attached hydrogens (tertiary/aromatic N) is 3. The smallest absolute Gasteiger partial charge is 0.266 e. The lowest BCUT2D eigenvalue weighted by Gasteiger charge is -2.24. The van der Waals surface area contributed by atoms with Gasteiger partial charge >= 0.3 is 0 Å².